The Labute approximate surface area is 147 Å². The SMILES string of the molecule is O=C(Nc1ccc(F)cc1)c1sccc1S(=O)(=O)N1CCSCC1. The second-order valence-electron chi connectivity index (χ2n) is 5.09. The Hall–Kier alpha value is -1.42. The number of halogens is 1. The first-order chi connectivity index (χ1) is 11.5. The lowest BCUT2D eigenvalue weighted by Crippen LogP contribution is -2.38. The minimum Gasteiger partial charge on any atom is -0.321 e. The van der Waals surface area contributed by atoms with Gasteiger partial charge in [0.15, 0.2) is 0 Å². The average molecular weight is 386 g/mol. The maximum atomic E-state index is 12.9. The zero-order valence-corrected chi connectivity index (χ0v) is 15.0. The largest absolute Gasteiger partial charge is 0.321 e. The summed E-state index contributed by atoms with van der Waals surface area (Å²) in [4.78, 5) is 12.6. The summed E-state index contributed by atoms with van der Waals surface area (Å²) in [6.45, 7) is 0.893. The van der Waals surface area contributed by atoms with Crippen LogP contribution in [0.15, 0.2) is 40.6 Å². The third-order valence-corrected chi connectivity index (χ3v) is 7.45. The Morgan fingerprint density at radius 3 is 2.46 bits per heavy atom. The van der Waals surface area contributed by atoms with Crippen molar-refractivity contribution in [1.82, 2.24) is 4.31 Å². The van der Waals surface area contributed by atoms with E-state index < -0.39 is 21.7 Å². The van der Waals surface area contributed by atoms with Crippen LogP contribution in [0, 0.1) is 5.82 Å². The highest BCUT2D eigenvalue weighted by atomic mass is 32.2. The maximum absolute atomic E-state index is 12.9. The lowest BCUT2D eigenvalue weighted by Gasteiger charge is -2.25. The van der Waals surface area contributed by atoms with Gasteiger partial charge in [-0.25, -0.2) is 12.8 Å². The number of thioether (sulfide) groups is 1. The van der Waals surface area contributed by atoms with Crippen LogP contribution in [0.3, 0.4) is 0 Å². The molecule has 1 N–H and O–H groups in total. The van der Waals surface area contributed by atoms with Gasteiger partial charge in [0.2, 0.25) is 10.0 Å². The third kappa shape index (κ3) is 3.64. The summed E-state index contributed by atoms with van der Waals surface area (Å²) in [7, 11) is -3.68. The van der Waals surface area contributed by atoms with Crippen molar-refractivity contribution in [1.29, 1.82) is 0 Å². The summed E-state index contributed by atoms with van der Waals surface area (Å²) in [5.41, 5.74) is 0.410. The molecule has 1 saturated heterocycles. The molecule has 1 fully saturated rings. The molecule has 1 aromatic heterocycles. The van der Waals surface area contributed by atoms with Crippen molar-refractivity contribution in [2.24, 2.45) is 0 Å². The highest BCUT2D eigenvalue weighted by Crippen LogP contribution is 2.27. The van der Waals surface area contributed by atoms with Crippen molar-refractivity contribution >= 4 is 44.7 Å². The Bertz CT molecular complexity index is 828. The number of thiophene rings is 1. The van der Waals surface area contributed by atoms with Crippen molar-refractivity contribution in [3.63, 3.8) is 0 Å². The molecule has 24 heavy (non-hydrogen) atoms. The van der Waals surface area contributed by atoms with E-state index in [2.05, 4.69) is 5.32 Å². The number of anilines is 1. The minimum absolute atomic E-state index is 0.0269. The Balaban J connectivity index is 1.84. The van der Waals surface area contributed by atoms with Gasteiger partial charge in [-0.1, -0.05) is 0 Å². The molecule has 1 aromatic carbocycles. The van der Waals surface area contributed by atoms with Gasteiger partial charge in [-0.2, -0.15) is 16.1 Å². The van der Waals surface area contributed by atoms with Crippen LogP contribution in [0.4, 0.5) is 10.1 Å². The lowest BCUT2D eigenvalue weighted by atomic mass is 10.3. The van der Waals surface area contributed by atoms with E-state index in [0.717, 1.165) is 22.8 Å². The lowest BCUT2D eigenvalue weighted by molar-refractivity contribution is 0.102. The molecule has 0 radical (unpaired) electrons. The number of sulfonamides is 1. The zero-order valence-electron chi connectivity index (χ0n) is 12.6. The van der Waals surface area contributed by atoms with Crippen LogP contribution < -0.4 is 5.32 Å². The van der Waals surface area contributed by atoms with Gasteiger partial charge in [-0.3, -0.25) is 4.79 Å². The zero-order chi connectivity index (χ0) is 17.2. The van der Waals surface area contributed by atoms with E-state index in [9.17, 15) is 17.6 Å². The quantitative estimate of drug-likeness (QED) is 0.877. The molecule has 1 aliphatic rings. The molecule has 1 amide bonds. The van der Waals surface area contributed by atoms with Crippen molar-refractivity contribution in [2.75, 3.05) is 29.9 Å². The molecule has 0 unspecified atom stereocenters. The van der Waals surface area contributed by atoms with Gasteiger partial charge >= 0.3 is 0 Å². The van der Waals surface area contributed by atoms with Crippen molar-refractivity contribution in [3.8, 4) is 0 Å². The van der Waals surface area contributed by atoms with Crippen LogP contribution in [0.5, 0.6) is 0 Å². The van der Waals surface area contributed by atoms with Crippen LogP contribution in [0.25, 0.3) is 0 Å². The van der Waals surface area contributed by atoms with E-state index >= 15 is 0 Å². The van der Waals surface area contributed by atoms with Crippen LogP contribution in [-0.4, -0.2) is 43.2 Å². The summed E-state index contributed by atoms with van der Waals surface area (Å²) in [5, 5.41) is 4.19. The first-order valence-corrected chi connectivity index (χ1v) is 10.7. The second kappa shape index (κ2) is 7.22. The number of amides is 1. The summed E-state index contributed by atoms with van der Waals surface area (Å²) in [6.07, 6.45) is 0. The fraction of sp³-hybridized carbons (Fsp3) is 0.267. The molecular weight excluding hydrogens is 371 g/mol. The molecule has 0 bridgehead atoms. The fourth-order valence-electron chi connectivity index (χ4n) is 2.31. The standard InChI is InChI=1S/C15H15FN2O3S3/c16-11-1-3-12(4-2-11)17-15(19)14-13(5-8-23-14)24(20,21)18-6-9-22-10-7-18/h1-5,8H,6-7,9-10H2,(H,17,19). The summed E-state index contributed by atoms with van der Waals surface area (Å²) < 4.78 is 39.9. The molecule has 5 nitrogen and oxygen atoms in total. The van der Waals surface area contributed by atoms with Gasteiger partial charge in [-0.05, 0) is 35.7 Å². The summed E-state index contributed by atoms with van der Waals surface area (Å²) in [6, 6.07) is 6.77. The smallest absolute Gasteiger partial charge is 0.267 e. The van der Waals surface area contributed by atoms with Crippen molar-refractivity contribution < 1.29 is 17.6 Å². The van der Waals surface area contributed by atoms with Crippen LogP contribution in [-0.2, 0) is 10.0 Å². The van der Waals surface area contributed by atoms with E-state index in [0.29, 0.717) is 18.8 Å². The van der Waals surface area contributed by atoms with Gasteiger partial charge in [0.05, 0.1) is 0 Å². The third-order valence-electron chi connectivity index (χ3n) is 3.53. The molecule has 2 aromatic rings. The number of rotatable bonds is 4. The van der Waals surface area contributed by atoms with E-state index in [4.69, 9.17) is 0 Å². The van der Waals surface area contributed by atoms with Crippen LogP contribution in [0.1, 0.15) is 9.67 Å². The molecule has 9 heteroatoms. The predicted octanol–water partition coefficient (Wildman–Crippen LogP) is 2.88. The highest BCUT2D eigenvalue weighted by Gasteiger charge is 2.31. The number of carbonyl (C=O) groups excluding carboxylic acids is 1. The van der Waals surface area contributed by atoms with Gasteiger partial charge in [0.25, 0.3) is 5.91 Å². The normalized spacial score (nSPS) is 16.0. The second-order valence-corrected chi connectivity index (χ2v) is 9.14. The number of benzene rings is 1. The van der Waals surface area contributed by atoms with Gasteiger partial charge in [0, 0.05) is 30.3 Å². The number of nitrogens with zero attached hydrogens (tertiary/aromatic N) is 1. The Morgan fingerprint density at radius 2 is 1.79 bits per heavy atom. The van der Waals surface area contributed by atoms with E-state index in [1.807, 2.05) is 0 Å². The maximum Gasteiger partial charge on any atom is 0.267 e. The van der Waals surface area contributed by atoms with Gasteiger partial charge in [-0.15, -0.1) is 11.3 Å². The van der Waals surface area contributed by atoms with Crippen LogP contribution in [0.2, 0.25) is 0 Å². The minimum atomic E-state index is -3.68. The topological polar surface area (TPSA) is 66.5 Å². The molecule has 0 atom stereocenters. The van der Waals surface area contributed by atoms with Crippen molar-refractivity contribution in [3.05, 3.63) is 46.4 Å². The molecule has 0 spiro atoms. The molecule has 0 aliphatic carbocycles. The number of carbonyl (C=O) groups is 1. The Kier molecular flexibility index (Phi) is 5.24. The predicted molar refractivity (Wildman–Crippen MR) is 94.8 cm³/mol. The van der Waals surface area contributed by atoms with Crippen molar-refractivity contribution in [2.45, 2.75) is 4.90 Å². The van der Waals surface area contributed by atoms with E-state index in [1.165, 1.54) is 34.6 Å². The Morgan fingerprint density at radius 1 is 1.12 bits per heavy atom. The first-order valence-electron chi connectivity index (χ1n) is 7.21. The molecule has 2 heterocycles. The van der Waals surface area contributed by atoms with Gasteiger partial charge < -0.3 is 5.32 Å². The van der Waals surface area contributed by atoms with Crippen LogP contribution >= 0.6 is 23.1 Å². The average Bonchev–Trinajstić information content (AvgIpc) is 3.08. The molecule has 1 aliphatic heterocycles. The number of hydrogen-bond acceptors (Lipinski definition) is 5. The molecule has 3 rings (SSSR count). The monoisotopic (exact) mass is 386 g/mol. The van der Waals surface area contributed by atoms with Gasteiger partial charge in [0.1, 0.15) is 15.6 Å². The number of hydrogen-bond donors (Lipinski definition) is 1. The number of nitrogens with one attached hydrogen (secondary N) is 1. The summed E-state index contributed by atoms with van der Waals surface area (Å²) in [5.74, 6) is 0.581. The summed E-state index contributed by atoms with van der Waals surface area (Å²) >= 11 is 2.79. The molecule has 128 valence electrons. The first kappa shape index (κ1) is 17.4. The molecular formula is C15H15FN2O3S3. The highest BCUT2D eigenvalue weighted by molar-refractivity contribution is 7.99. The fourth-order valence-corrected chi connectivity index (χ4v) is 6.18. The van der Waals surface area contributed by atoms with E-state index in [-0.39, 0.29) is 9.77 Å². The molecule has 0 saturated carbocycles. The van der Waals surface area contributed by atoms with E-state index in [1.54, 1.807) is 17.1 Å².